The number of carbonyl (C=O) groups excluding carboxylic acids is 1. The number of benzene rings is 2. The molecule has 0 N–H and O–H groups in total. The molecular weight excluding hydrogens is 240 g/mol. The molecule has 2 aromatic carbocycles. The molecule has 3 aromatic rings. The van der Waals surface area contributed by atoms with Crippen LogP contribution in [0.4, 0.5) is 0 Å². The number of carbonyl (C=O) groups is 1. The molecule has 0 bridgehead atoms. The fourth-order valence-corrected chi connectivity index (χ4v) is 2.10. The van der Waals surface area contributed by atoms with Gasteiger partial charge in [-0.25, -0.2) is 0 Å². The van der Waals surface area contributed by atoms with Crippen LogP contribution in [0, 0.1) is 0 Å². The number of furan rings is 1. The molecule has 0 aliphatic carbocycles. The van der Waals surface area contributed by atoms with Gasteiger partial charge in [-0.15, -0.1) is 0 Å². The zero-order valence-corrected chi connectivity index (χ0v) is 10.2. The largest absolute Gasteiger partial charge is 0.460 e. The summed E-state index contributed by atoms with van der Waals surface area (Å²) in [6.07, 6.45) is 0. The Morgan fingerprint density at radius 3 is 2.63 bits per heavy atom. The van der Waals surface area contributed by atoms with Gasteiger partial charge in [0.1, 0.15) is 18.0 Å². The lowest BCUT2D eigenvalue weighted by Gasteiger charge is -2.00. The molecule has 94 valence electrons. The molecule has 0 aliphatic rings. The second-order valence-corrected chi connectivity index (χ2v) is 4.24. The molecule has 3 nitrogen and oxygen atoms in total. The second-order valence-electron chi connectivity index (χ2n) is 4.24. The summed E-state index contributed by atoms with van der Waals surface area (Å²) in [5.74, 6) is 0.646. The van der Waals surface area contributed by atoms with Gasteiger partial charge in [-0.2, -0.15) is 0 Å². The lowest BCUT2D eigenvalue weighted by atomic mass is 10.0. The van der Waals surface area contributed by atoms with Crippen molar-refractivity contribution in [1.82, 2.24) is 0 Å². The second kappa shape index (κ2) is 4.98. The highest BCUT2D eigenvalue weighted by Gasteiger charge is 2.05. The van der Waals surface area contributed by atoms with E-state index in [0.29, 0.717) is 12.2 Å². The van der Waals surface area contributed by atoms with Gasteiger partial charge in [0, 0.05) is 5.39 Å². The standard InChI is InChI=1S/C16H12O3/c17-11-18-10-15-9-14-8-13(6-7-16(14)19-15)12-4-2-1-3-5-12/h1-9,11H,10H2. The molecule has 0 atom stereocenters. The molecule has 0 saturated heterocycles. The van der Waals surface area contributed by atoms with Crippen molar-refractivity contribution in [3.63, 3.8) is 0 Å². The van der Waals surface area contributed by atoms with E-state index >= 15 is 0 Å². The highest BCUT2D eigenvalue weighted by atomic mass is 16.5. The Hall–Kier alpha value is -2.55. The molecule has 0 spiro atoms. The summed E-state index contributed by atoms with van der Waals surface area (Å²) >= 11 is 0. The molecule has 0 aliphatic heterocycles. The van der Waals surface area contributed by atoms with Crippen LogP contribution in [0.25, 0.3) is 22.1 Å². The Morgan fingerprint density at radius 2 is 1.84 bits per heavy atom. The van der Waals surface area contributed by atoms with Crippen molar-refractivity contribution in [2.45, 2.75) is 6.61 Å². The van der Waals surface area contributed by atoms with Gasteiger partial charge in [0.25, 0.3) is 6.47 Å². The Labute approximate surface area is 110 Å². The number of fused-ring (bicyclic) bond motifs is 1. The van der Waals surface area contributed by atoms with Crippen LogP contribution in [0.5, 0.6) is 0 Å². The molecule has 0 unspecified atom stereocenters. The van der Waals surface area contributed by atoms with Crippen molar-refractivity contribution in [3.05, 3.63) is 60.4 Å². The Balaban J connectivity index is 1.99. The van der Waals surface area contributed by atoms with Crippen molar-refractivity contribution in [3.8, 4) is 11.1 Å². The van der Waals surface area contributed by atoms with Gasteiger partial charge in [0.05, 0.1) is 0 Å². The first-order chi connectivity index (χ1) is 9.36. The van der Waals surface area contributed by atoms with E-state index in [1.165, 1.54) is 0 Å². The SMILES string of the molecule is O=COCc1cc2cc(-c3ccccc3)ccc2o1. The van der Waals surface area contributed by atoms with E-state index in [-0.39, 0.29) is 6.61 Å². The Morgan fingerprint density at radius 1 is 1.00 bits per heavy atom. The number of ether oxygens (including phenoxy) is 1. The third-order valence-corrected chi connectivity index (χ3v) is 2.97. The van der Waals surface area contributed by atoms with Gasteiger partial charge in [-0.3, -0.25) is 4.79 Å². The first kappa shape index (κ1) is 11.5. The zero-order chi connectivity index (χ0) is 13.1. The van der Waals surface area contributed by atoms with Crippen LogP contribution in [-0.2, 0) is 16.1 Å². The van der Waals surface area contributed by atoms with Crippen LogP contribution >= 0.6 is 0 Å². The number of rotatable bonds is 4. The van der Waals surface area contributed by atoms with Crippen molar-refractivity contribution in [2.24, 2.45) is 0 Å². The predicted octanol–water partition coefficient (Wildman–Crippen LogP) is 3.77. The van der Waals surface area contributed by atoms with Gasteiger partial charge >= 0.3 is 0 Å². The van der Waals surface area contributed by atoms with E-state index in [1.54, 1.807) is 0 Å². The molecule has 0 radical (unpaired) electrons. The summed E-state index contributed by atoms with van der Waals surface area (Å²) in [7, 11) is 0. The zero-order valence-electron chi connectivity index (χ0n) is 10.2. The fraction of sp³-hybridized carbons (Fsp3) is 0.0625. The fourth-order valence-electron chi connectivity index (χ4n) is 2.10. The summed E-state index contributed by atoms with van der Waals surface area (Å²) in [6, 6.07) is 18.1. The highest BCUT2D eigenvalue weighted by Crippen LogP contribution is 2.26. The first-order valence-electron chi connectivity index (χ1n) is 6.00. The molecular formula is C16H12O3. The Kier molecular flexibility index (Phi) is 3.02. The van der Waals surface area contributed by atoms with Crippen molar-refractivity contribution < 1.29 is 13.9 Å². The Bertz CT molecular complexity index is 698. The minimum Gasteiger partial charge on any atom is -0.460 e. The molecule has 3 heteroatoms. The van der Waals surface area contributed by atoms with Gasteiger partial charge < -0.3 is 9.15 Å². The maximum absolute atomic E-state index is 10.2. The van der Waals surface area contributed by atoms with Crippen LogP contribution in [0.3, 0.4) is 0 Å². The van der Waals surface area contributed by atoms with Crippen LogP contribution in [0.15, 0.2) is 59.0 Å². The van der Waals surface area contributed by atoms with Gasteiger partial charge in [-0.1, -0.05) is 36.4 Å². The van der Waals surface area contributed by atoms with Crippen LogP contribution in [0.2, 0.25) is 0 Å². The summed E-state index contributed by atoms with van der Waals surface area (Å²) in [5, 5.41) is 1.01. The normalized spacial score (nSPS) is 10.5. The lowest BCUT2D eigenvalue weighted by Crippen LogP contribution is -1.85. The van der Waals surface area contributed by atoms with Gasteiger partial charge in [0.15, 0.2) is 0 Å². The van der Waals surface area contributed by atoms with Gasteiger partial charge in [0.2, 0.25) is 0 Å². The van der Waals surface area contributed by atoms with Crippen LogP contribution < -0.4 is 0 Å². The molecule has 3 rings (SSSR count). The molecule has 1 heterocycles. The molecule has 1 aromatic heterocycles. The van der Waals surface area contributed by atoms with Crippen LogP contribution in [0.1, 0.15) is 5.76 Å². The van der Waals surface area contributed by atoms with E-state index in [9.17, 15) is 4.79 Å². The molecule has 0 fully saturated rings. The third-order valence-electron chi connectivity index (χ3n) is 2.97. The average molecular weight is 252 g/mol. The number of hydrogen-bond acceptors (Lipinski definition) is 3. The van der Waals surface area contributed by atoms with E-state index < -0.39 is 0 Å². The van der Waals surface area contributed by atoms with Crippen LogP contribution in [-0.4, -0.2) is 6.47 Å². The molecule has 0 saturated carbocycles. The van der Waals surface area contributed by atoms with Crippen molar-refractivity contribution in [1.29, 1.82) is 0 Å². The highest BCUT2D eigenvalue weighted by molar-refractivity contribution is 5.84. The first-order valence-corrected chi connectivity index (χ1v) is 6.00. The lowest BCUT2D eigenvalue weighted by molar-refractivity contribution is -0.130. The maximum Gasteiger partial charge on any atom is 0.293 e. The summed E-state index contributed by atoms with van der Waals surface area (Å²) in [4.78, 5) is 10.2. The summed E-state index contributed by atoms with van der Waals surface area (Å²) in [6.45, 7) is 0.585. The third kappa shape index (κ3) is 2.36. The van der Waals surface area contributed by atoms with E-state index in [4.69, 9.17) is 4.42 Å². The quantitative estimate of drug-likeness (QED) is 0.663. The van der Waals surface area contributed by atoms with Crippen molar-refractivity contribution >= 4 is 17.4 Å². The topological polar surface area (TPSA) is 39.4 Å². The minimum atomic E-state index is 0.166. The van der Waals surface area contributed by atoms with E-state index in [1.807, 2.05) is 36.4 Å². The monoisotopic (exact) mass is 252 g/mol. The molecule has 19 heavy (non-hydrogen) atoms. The minimum absolute atomic E-state index is 0.166. The van der Waals surface area contributed by atoms with Crippen molar-refractivity contribution in [2.75, 3.05) is 0 Å². The smallest absolute Gasteiger partial charge is 0.293 e. The predicted molar refractivity (Wildman–Crippen MR) is 72.5 cm³/mol. The maximum atomic E-state index is 10.2. The average Bonchev–Trinajstić information content (AvgIpc) is 2.87. The van der Waals surface area contributed by atoms with E-state index in [2.05, 4.69) is 22.9 Å². The van der Waals surface area contributed by atoms with E-state index in [0.717, 1.165) is 22.1 Å². The van der Waals surface area contributed by atoms with Gasteiger partial charge in [-0.05, 0) is 29.3 Å². The summed E-state index contributed by atoms with van der Waals surface area (Å²) < 4.78 is 10.3. The summed E-state index contributed by atoms with van der Waals surface area (Å²) in [5.41, 5.74) is 3.09. The molecule has 0 amide bonds. The number of hydrogen-bond donors (Lipinski definition) is 0.